The Hall–Kier alpha value is -4.36. The topological polar surface area (TPSA) is 13.1 Å². The zero-order chi connectivity index (χ0) is 21.5. The molecule has 1 heterocycles. The Morgan fingerprint density at radius 3 is 1.79 bits per heavy atom. The monoisotopic (exact) mass is 418 g/mol. The van der Waals surface area contributed by atoms with E-state index in [1.165, 1.54) is 59.4 Å². The van der Waals surface area contributed by atoms with E-state index in [4.69, 9.17) is 4.42 Å². The smallest absolute Gasteiger partial charge is 0.143 e. The predicted octanol–water partition coefficient (Wildman–Crippen LogP) is 9.30. The number of hydrogen-bond acceptors (Lipinski definition) is 1. The summed E-state index contributed by atoms with van der Waals surface area (Å²) < 4.78 is 6.50. The van der Waals surface area contributed by atoms with Crippen LogP contribution >= 0.6 is 0 Å². The molecule has 152 valence electrons. The highest BCUT2D eigenvalue weighted by molar-refractivity contribution is 6.24. The van der Waals surface area contributed by atoms with E-state index >= 15 is 0 Å². The summed E-state index contributed by atoms with van der Waals surface area (Å²) in [5.41, 5.74) is 4.22. The van der Waals surface area contributed by atoms with Crippen molar-refractivity contribution in [1.82, 2.24) is 0 Å². The first-order valence-corrected chi connectivity index (χ1v) is 11.4. The molecule has 0 fully saturated rings. The molecular formula is C32H18O. The van der Waals surface area contributed by atoms with Crippen LogP contribution in [-0.2, 0) is 0 Å². The summed E-state index contributed by atoms with van der Waals surface area (Å²) in [6.07, 6.45) is 0. The van der Waals surface area contributed by atoms with Crippen LogP contribution in [0.4, 0.5) is 0 Å². The van der Waals surface area contributed by atoms with Crippen LogP contribution in [0.2, 0.25) is 0 Å². The molecular weight excluding hydrogens is 400 g/mol. The van der Waals surface area contributed by atoms with Crippen molar-refractivity contribution in [3.05, 3.63) is 109 Å². The molecule has 0 N–H and O–H groups in total. The van der Waals surface area contributed by atoms with Gasteiger partial charge in [-0.25, -0.2) is 0 Å². The maximum Gasteiger partial charge on any atom is 0.143 e. The fourth-order valence-corrected chi connectivity index (χ4v) is 5.62. The van der Waals surface area contributed by atoms with Crippen LogP contribution in [0.3, 0.4) is 0 Å². The molecule has 0 atom stereocenters. The van der Waals surface area contributed by atoms with E-state index < -0.39 is 0 Å². The molecule has 0 saturated carbocycles. The zero-order valence-corrected chi connectivity index (χ0v) is 17.8. The Labute approximate surface area is 189 Å². The maximum atomic E-state index is 6.50. The molecule has 1 heteroatoms. The lowest BCUT2D eigenvalue weighted by molar-refractivity contribution is 0.670. The Balaban J connectivity index is 1.45. The lowest BCUT2D eigenvalue weighted by atomic mass is 9.91. The van der Waals surface area contributed by atoms with Crippen molar-refractivity contribution >= 4 is 65.0 Å². The molecule has 0 unspecified atom stereocenters. The number of hydrogen-bond donors (Lipinski definition) is 0. The summed E-state index contributed by atoms with van der Waals surface area (Å²) in [4.78, 5) is 0. The van der Waals surface area contributed by atoms with Gasteiger partial charge in [0.15, 0.2) is 0 Å². The zero-order valence-electron chi connectivity index (χ0n) is 17.8. The summed E-state index contributed by atoms with van der Waals surface area (Å²) >= 11 is 0. The molecule has 1 aromatic heterocycles. The first-order chi connectivity index (χ1) is 16.3. The number of fused-ring (bicyclic) bond motifs is 4. The second-order valence-corrected chi connectivity index (χ2v) is 8.99. The average molecular weight is 418 g/mol. The van der Waals surface area contributed by atoms with Crippen LogP contribution in [0, 0.1) is 0 Å². The minimum atomic E-state index is 0.939. The quantitative estimate of drug-likeness (QED) is 0.242. The highest BCUT2D eigenvalue weighted by Crippen LogP contribution is 2.41. The molecule has 0 radical (unpaired) electrons. The lowest BCUT2D eigenvalue weighted by Gasteiger charge is -2.13. The Morgan fingerprint density at radius 1 is 0.424 bits per heavy atom. The van der Waals surface area contributed by atoms with Gasteiger partial charge in [0.25, 0.3) is 0 Å². The van der Waals surface area contributed by atoms with Gasteiger partial charge in [-0.3, -0.25) is 0 Å². The number of rotatable bonds is 1. The molecule has 0 bridgehead atoms. The van der Waals surface area contributed by atoms with Crippen LogP contribution < -0.4 is 0 Å². The maximum absolute atomic E-state index is 6.50. The summed E-state index contributed by atoms with van der Waals surface area (Å²) in [7, 11) is 0. The van der Waals surface area contributed by atoms with Gasteiger partial charge in [-0.2, -0.15) is 0 Å². The van der Waals surface area contributed by atoms with E-state index in [1.807, 2.05) is 0 Å². The van der Waals surface area contributed by atoms with Gasteiger partial charge in [-0.15, -0.1) is 0 Å². The molecule has 0 aliphatic carbocycles. The van der Waals surface area contributed by atoms with Gasteiger partial charge >= 0.3 is 0 Å². The summed E-state index contributed by atoms with van der Waals surface area (Å²) in [6.45, 7) is 0. The second kappa shape index (κ2) is 6.11. The lowest BCUT2D eigenvalue weighted by Crippen LogP contribution is -1.86. The molecule has 0 amide bonds. The van der Waals surface area contributed by atoms with Gasteiger partial charge in [-0.1, -0.05) is 84.9 Å². The average Bonchev–Trinajstić information content (AvgIpc) is 3.23. The van der Waals surface area contributed by atoms with E-state index in [-0.39, 0.29) is 0 Å². The summed E-state index contributed by atoms with van der Waals surface area (Å²) in [5.74, 6) is 0. The van der Waals surface area contributed by atoms with Crippen LogP contribution in [0.1, 0.15) is 0 Å². The molecule has 7 aromatic carbocycles. The number of furan rings is 1. The second-order valence-electron chi connectivity index (χ2n) is 8.99. The highest BCUT2D eigenvalue weighted by Gasteiger charge is 2.15. The minimum Gasteiger partial charge on any atom is -0.455 e. The third kappa shape index (κ3) is 2.31. The van der Waals surface area contributed by atoms with Gasteiger partial charge < -0.3 is 4.42 Å². The van der Waals surface area contributed by atoms with Gasteiger partial charge in [0.2, 0.25) is 0 Å². The van der Waals surface area contributed by atoms with Crippen molar-refractivity contribution in [2.24, 2.45) is 0 Å². The SMILES string of the molecule is c1ccc2cc3c(cc2c1)oc1c(-c2cc4ccc5cccc6ccc(c2)c4c56)cccc13. The standard InChI is InChI=1S/C32H18O/c1-2-6-22-18-29-28(17-21(22)5-1)27-10-4-9-26(32(27)33-29)25-15-23-13-11-19-7-3-8-20-12-14-24(16-25)31(23)30(19)20/h1-18H. The van der Waals surface area contributed by atoms with Crippen molar-refractivity contribution in [2.45, 2.75) is 0 Å². The van der Waals surface area contributed by atoms with Crippen LogP contribution in [-0.4, -0.2) is 0 Å². The van der Waals surface area contributed by atoms with Crippen molar-refractivity contribution in [3.63, 3.8) is 0 Å². The predicted molar refractivity (Wildman–Crippen MR) is 140 cm³/mol. The van der Waals surface area contributed by atoms with Gasteiger partial charge in [-0.05, 0) is 72.9 Å². The van der Waals surface area contributed by atoms with Crippen LogP contribution in [0.5, 0.6) is 0 Å². The molecule has 33 heavy (non-hydrogen) atoms. The van der Waals surface area contributed by atoms with Crippen molar-refractivity contribution < 1.29 is 4.42 Å². The first kappa shape index (κ1) is 17.2. The Kier molecular flexibility index (Phi) is 3.19. The van der Waals surface area contributed by atoms with Crippen LogP contribution in [0.15, 0.2) is 114 Å². The third-order valence-electron chi connectivity index (χ3n) is 7.14. The highest BCUT2D eigenvalue weighted by atomic mass is 16.3. The van der Waals surface area contributed by atoms with E-state index in [2.05, 4.69) is 109 Å². The molecule has 8 aromatic rings. The third-order valence-corrected chi connectivity index (χ3v) is 7.14. The molecule has 8 rings (SSSR count). The summed E-state index contributed by atoms with van der Waals surface area (Å²) in [5, 5.41) is 12.6. The fourth-order valence-electron chi connectivity index (χ4n) is 5.62. The molecule has 0 saturated heterocycles. The van der Waals surface area contributed by atoms with E-state index in [0.717, 1.165) is 16.7 Å². The number of para-hydroxylation sites is 1. The van der Waals surface area contributed by atoms with Crippen LogP contribution in [0.25, 0.3) is 76.2 Å². The summed E-state index contributed by atoms with van der Waals surface area (Å²) in [6, 6.07) is 39.5. The van der Waals surface area contributed by atoms with Gasteiger partial charge in [0.1, 0.15) is 11.2 Å². The molecule has 0 spiro atoms. The molecule has 0 aliphatic heterocycles. The molecule has 1 nitrogen and oxygen atoms in total. The van der Waals surface area contributed by atoms with E-state index in [1.54, 1.807) is 0 Å². The Morgan fingerprint density at radius 2 is 1.03 bits per heavy atom. The molecule has 0 aliphatic rings. The first-order valence-electron chi connectivity index (χ1n) is 11.4. The number of benzene rings is 7. The van der Waals surface area contributed by atoms with Crippen molar-refractivity contribution in [3.8, 4) is 11.1 Å². The van der Waals surface area contributed by atoms with E-state index in [0.29, 0.717) is 0 Å². The normalized spacial score (nSPS) is 12.2. The van der Waals surface area contributed by atoms with Gasteiger partial charge in [0.05, 0.1) is 0 Å². The Bertz CT molecular complexity index is 1960. The largest absolute Gasteiger partial charge is 0.455 e. The van der Waals surface area contributed by atoms with Crippen molar-refractivity contribution in [1.29, 1.82) is 0 Å². The van der Waals surface area contributed by atoms with Gasteiger partial charge in [0, 0.05) is 16.3 Å². The van der Waals surface area contributed by atoms with E-state index in [9.17, 15) is 0 Å². The minimum absolute atomic E-state index is 0.939. The van der Waals surface area contributed by atoms with Crippen molar-refractivity contribution in [2.75, 3.05) is 0 Å². The fraction of sp³-hybridized carbons (Fsp3) is 0.